The van der Waals surface area contributed by atoms with Crippen LogP contribution in [0.3, 0.4) is 0 Å². The van der Waals surface area contributed by atoms with Gasteiger partial charge in [0.1, 0.15) is 11.9 Å². The van der Waals surface area contributed by atoms with Crippen LogP contribution in [0.25, 0.3) is 0 Å². The van der Waals surface area contributed by atoms with Gasteiger partial charge < -0.3 is 10.1 Å². The van der Waals surface area contributed by atoms with Gasteiger partial charge in [-0.05, 0) is 66.4 Å². The average molecular weight is 478 g/mol. The Labute approximate surface area is 190 Å². The van der Waals surface area contributed by atoms with Crippen LogP contribution in [0.5, 0.6) is 5.88 Å². The minimum Gasteiger partial charge on any atom is -0.474 e. The summed E-state index contributed by atoms with van der Waals surface area (Å²) in [6.07, 6.45) is 6.30. The van der Waals surface area contributed by atoms with E-state index in [0.29, 0.717) is 5.92 Å². The van der Waals surface area contributed by atoms with E-state index in [1.54, 1.807) is 12.4 Å². The van der Waals surface area contributed by atoms with Crippen molar-refractivity contribution in [2.75, 3.05) is 5.32 Å². The molecule has 3 aromatic rings. The van der Waals surface area contributed by atoms with E-state index < -0.39 is 15.8 Å². The maximum absolute atomic E-state index is 14.2. The van der Waals surface area contributed by atoms with Gasteiger partial charge in [0.2, 0.25) is 21.9 Å². The van der Waals surface area contributed by atoms with E-state index in [4.69, 9.17) is 9.88 Å². The standard InChI is InChI=1S/C21H24FN5O3S2/c1-12(2)17-11-31-27-20(17)30-15-4-3-13(7-15)14-9-24-21(25-10-14)26-19-6-5-16(8-18(19)22)32(23,28)29/h5-6,8-13,15H,3-4,7H2,1-2H3,(H2,23,28,29)(H,24,25,26)/t13-,15+/m1/s1. The lowest BCUT2D eigenvalue weighted by atomic mass is 10.0. The highest BCUT2D eigenvalue weighted by Gasteiger charge is 2.29. The van der Waals surface area contributed by atoms with E-state index in [-0.39, 0.29) is 28.6 Å². The second-order valence-corrected chi connectivity index (χ2v) is 10.3. The Kier molecular flexibility index (Phi) is 6.40. The molecule has 1 saturated carbocycles. The molecule has 2 heterocycles. The third kappa shape index (κ3) is 5.05. The zero-order chi connectivity index (χ0) is 22.9. The van der Waals surface area contributed by atoms with Gasteiger partial charge in [0.25, 0.3) is 0 Å². The molecule has 1 aliphatic carbocycles. The molecule has 8 nitrogen and oxygen atoms in total. The van der Waals surface area contributed by atoms with Crippen LogP contribution < -0.4 is 15.2 Å². The number of benzene rings is 1. The smallest absolute Gasteiger partial charge is 0.238 e. The van der Waals surface area contributed by atoms with Crippen molar-refractivity contribution in [3.05, 3.63) is 52.9 Å². The predicted octanol–water partition coefficient (Wildman–Crippen LogP) is 4.30. The quantitative estimate of drug-likeness (QED) is 0.520. The fourth-order valence-corrected chi connectivity index (χ4v) is 5.03. The first-order chi connectivity index (χ1) is 15.2. The summed E-state index contributed by atoms with van der Waals surface area (Å²) in [5.74, 6) is 0.840. The van der Waals surface area contributed by atoms with Gasteiger partial charge >= 0.3 is 0 Å². The van der Waals surface area contributed by atoms with E-state index >= 15 is 0 Å². The molecule has 2 atom stereocenters. The van der Waals surface area contributed by atoms with E-state index in [2.05, 4.69) is 33.5 Å². The molecule has 11 heteroatoms. The number of primary sulfonamides is 1. The van der Waals surface area contributed by atoms with Crippen molar-refractivity contribution in [3.8, 4) is 5.88 Å². The lowest BCUT2D eigenvalue weighted by Crippen LogP contribution is -2.13. The Hall–Kier alpha value is -2.63. The molecule has 1 aliphatic rings. The van der Waals surface area contributed by atoms with Gasteiger partial charge in [0.15, 0.2) is 0 Å². The van der Waals surface area contributed by atoms with Gasteiger partial charge in [-0.1, -0.05) is 13.8 Å². The lowest BCUT2D eigenvalue weighted by Gasteiger charge is -2.15. The number of nitrogens with zero attached hydrogens (tertiary/aromatic N) is 3. The molecule has 2 aromatic heterocycles. The zero-order valence-corrected chi connectivity index (χ0v) is 19.3. The van der Waals surface area contributed by atoms with Crippen LogP contribution in [0, 0.1) is 5.82 Å². The second-order valence-electron chi connectivity index (χ2n) is 8.13. The topological polar surface area (TPSA) is 120 Å². The Balaban J connectivity index is 1.38. The molecule has 170 valence electrons. The number of anilines is 2. The van der Waals surface area contributed by atoms with Gasteiger partial charge in [-0.3, -0.25) is 0 Å². The summed E-state index contributed by atoms with van der Waals surface area (Å²) >= 11 is 1.42. The SMILES string of the molecule is CC(C)c1csnc1O[C@H]1CC[C@@H](c2cnc(Nc3ccc(S(N)(=O)=O)cc3F)nc2)C1. The van der Waals surface area contributed by atoms with Crippen molar-refractivity contribution in [1.82, 2.24) is 14.3 Å². The summed E-state index contributed by atoms with van der Waals surface area (Å²) in [5, 5.41) is 9.82. The third-order valence-electron chi connectivity index (χ3n) is 5.51. The van der Waals surface area contributed by atoms with E-state index in [9.17, 15) is 12.8 Å². The monoisotopic (exact) mass is 477 g/mol. The van der Waals surface area contributed by atoms with Crippen LogP contribution in [-0.2, 0) is 10.0 Å². The van der Waals surface area contributed by atoms with Gasteiger partial charge in [-0.2, -0.15) is 4.37 Å². The van der Waals surface area contributed by atoms with Gasteiger partial charge in [-0.25, -0.2) is 27.9 Å². The highest BCUT2D eigenvalue weighted by Crippen LogP contribution is 2.37. The minimum atomic E-state index is -3.97. The Morgan fingerprint density at radius 1 is 1.25 bits per heavy atom. The number of rotatable bonds is 7. The average Bonchev–Trinajstić information content (AvgIpc) is 3.39. The molecule has 0 unspecified atom stereocenters. The molecule has 4 rings (SSSR count). The molecule has 32 heavy (non-hydrogen) atoms. The number of hydrogen-bond donors (Lipinski definition) is 2. The fourth-order valence-electron chi connectivity index (χ4n) is 3.72. The van der Waals surface area contributed by atoms with E-state index in [0.717, 1.165) is 42.3 Å². The molecular weight excluding hydrogens is 453 g/mol. The molecule has 0 radical (unpaired) electrons. The summed E-state index contributed by atoms with van der Waals surface area (Å²) in [6.45, 7) is 4.25. The normalized spacial score (nSPS) is 18.8. The van der Waals surface area contributed by atoms with Crippen LogP contribution in [0.15, 0.2) is 40.9 Å². The number of sulfonamides is 1. The molecule has 0 aliphatic heterocycles. The molecule has 3 N–H and O–H groups in total. The van der Waals surface area contributed by atoms with Gasteiger partial charge in [0.05, 0.1) is 10.6 Å². The Bertz CT molecular complexity index is 1200. The van der Waals surface area contributed by atoms with Crippen molar-refractivity contribution < 1.29 is 17.5 Å². The molecule has 1 fully saturated rings. The largest absolute Gasteiger partial charge is 0.474 e. The second kappa shape index (κ2) is 9.08. The number of nitrogens with two attached hydrogens (primary N) is 1. The number of ether oxygens (including phenoxy) is 1. The van der Waals surface area contributed by atoms with Crippen molar-refractivity contribution in [3.63, 3.8) is 0 Å². The Morgan fingerprint density at radius 2 is 2.00 bits per heavy atom. The molecular formula is C21H24FN5O3S2. The summed E-state index contributed by atoms with van der Waals surface area (Å²) in [6, 6.07) is 3.37. The van der Waals surface area contributed by atoms with Crippen LogP contribution in [0.2, 0.25) is 0 Å². The highest BCUT2D eigenvalue weighted by molar-refractivity contribution is 7.89. The Morgan fingerprint density at radius 3 is 2.66 bits per heavy atom. The first kappa shape index (κ1) is 22.6. The molecule has 0 saturated heterocycles. The van der Waals surface area contributed by atoms with Crippen molar-refractivity contribution in [2.45, 2.75) is 55.9 Å². The van der Waals surface area contributed by atoms with E-state index in [1.165, 1.54) is 23.7 Å². The summed E-state index contributed by atoms with van der Waals surface area (Å²) in [7, 11) is -3.97. The molecule has 0 bridgehead atoms. The number of aromatic nitrogens is 3. The number of nitrogens with one attached hydrogen (secondary N) is 1. The first-order valence-corrected chi connectivity index (χ1v) is 12.6. The van der Waals surface area contributed by atoms with Gasteiger partial charge in [-0.15, -0.1) is 0 Å². The molecule has 0 spiro atoms. The van der Waals surface area contributed by atoms with Crippen LogP contribution in [0.4, 0.5) is 16.0 Å². The number of halogens is 1. The van der Waals surface area contributed by atoms with Gasteiger partial charge in [0, 0.05) is 23.3 Å². The number of hydrogen-bond acceptors (Lipinski definition) is 8. The van der Waals surface area contributed by atoms with Crippen LogP contribution in [0.1, 0.15) is 56.1 Å². The maximum atomic E-state index is 14.2. The lowest BCUT2D eigenvalue weighted by molar-refractivity contribution is 0.199. The third-order valence-corrected chi connectivity index (χ3v) is 7.05. The van der Waals surface area contributed by atoms with Crippen molar-refractivity contribution in [1.29, 1.82) is 0 Å². The van der Waals surface area contributed by atoms with E-state index in [1.807, 2.05) is 5.38 Å². The summed E-state index contributed by atoms with van der Waals surface area (Å²) in [4.78, 5) is 8.27. The predicted molar refractivity (Wildman–Crippen MR) is 120 cm³/mol. The zero-order valence-electron chi connectivity index (χ0n) is 17.7. The van der Waals surface area contributed by atoms with Crippen molar-refractivity contribution >= 4 is 33.2 Å². The van der Waals surface area contributed by atoms with Crippen LogP contribution >= 0.6 is 11.5 Å². The van der Waals surface area contributed by atoms with Crippen LogP contribution in [-0.4, -0.2) is 28.9 Å². The molecule has 1 aromatic carbocycles. The maximum Gasteiger partial charge on any atom is 0.238 e. The minimum absolute atomic E-state index is 0.0590. The summed E-state index contributed by atoms with van der Waals surface area (Å²) < 4.78 is 47.4. The summed E-state index contributed by atoms with van der Waals surface area (Å²) in [5.41, 5.74) is 2.19. The molecule has 0 amide bonds. The first-order valence-electron chi connectivity index (χ1n) is 10.2. The highest BCUT2D eigenvalue weighted by atomic mass is 32.2. The fraction of sp³-hybridized carbons (Fsp3) is 0.381. The van der Waals surface area contributed by atoms with Crippen molar-refractivity contribution in [2.24, 2.45) is 5.14 Å².